The van der Waals surface area contributed by atoms with Crippen molar-refractivity contribution in [3.63, 3.8) is 0 Å². The molecule has 98 valence electrons. The van der Waals surface area contributed by atoms with E-state index in [1.807, 2.05) is 34.2 Å². The molecule has 2 rings (SSSR count). The molecule has 1 aliphatic rings. The number of hydrogen-bond donors (Lipinski definition) is 0. The van der Waals surface area contributed by atoms with Crippen LogP contribution in [0.4, 0.5) is 0 Å². The van der Waals surface area contributed by atoms with Gasteiger partial charge in [-0.3, -0.25) is 9.59 Å². The summed E-state index contributed by atoms with van der Waals surface area (Å²) in [6, 6.07) is 3.95. The average Bonchev–Trinajstić information content (AvgIpc) is 2.91. The molecule has 4 nitrogen and oxygen atoms in total. The van der Waals surface area contributed by atoms with Gasteiger partial charge in [-0.1, -0.05) is 13.0 Å². The molecule has 0 aliphatic carbocycles. The third-order valence-corrected chi connectivity index (χ3v) is 4.07. The van der Waals surface area contributed by atoms with Crippen LogP contribution in [0, 0.1) is 0 Å². The molecule has 0 saturated carbocycles. The molecule has 0 aromatic carbocycles. The maximum absolute atomic E-state index is 12.0. The molecule has 1 aromatic rings. The second kappa shape index (κ2) is 6.00. The van der Waals surface area contributed by atoms with Crippen LogP contribution in [0.15, 0.2) is 17.5 Å². The molecule has 2 heterocycles. The van der Waals surface area contributed by atoms with Crippen molar-refractivity contribution in [2.24, 2.45) is 0 Å². The number of carbonyl (C=O) groups is 2. The number of rotatable bonds is 3. The van der Waals surface area contributed by atoms with E-state index in [4.69, 9.17) is 0 Å². The Morgan fingerprint density at radius 2 is 1.78 bits per heavy atom. The van der Waals surface area contributed by atoms with Gasteiger partial charge in [-0.05, 0) is 11.4 Å². The van der Waals surface area contributed by atoms with Crippen molar-refractivity contribution in [3.05, 3.63) is 22.4 Å². The van der Waals surface area contributed by atoms with Gasteiger partial charge in [0.25, 0.3) is 0 Å². The molecule has 2 amide bonds. The van der Waals surface area contributed by atoms with Gasteiger partial charge in [0.2, 0.25) is 11.8 Å². The van der Waals surface area contributed by atoms with Crippen LogP contribution in [-0.4, -0.2) is 47.8 Å². The first-order valence-corrected chi connectivity index (χ1v) is 7.16. The van der Waals surface area contributed by atoms with Gasteiger partial charge in [-0.15, -0.1) is 11.3 Å². The van der Waals surface area contributed by atoms with Crippen LogP contribution in [0.3, 0.4) is 0 Å². The van der Waals surface area contributed by atoms with Crippen LogP contribution >= 0.6 is 11.3 Å². The zero-order valence-corrected chi connectivity index (χ0v) is 11.4. The number of thiophene rings is 1. The van der Waals surface area contributed by atoms with Crippen molar-refractivity contribution < 1.29 is 9.59 Å². The van der Waals surface area contributed by atoms with Gasteiger partial charge < -0.3 is 9.80 Å². The fourth-order valence-electron chi connectivity index (χ4n) is 2.10. The van der Waals surface area contributed by atoms with Crippen molar-refractivity contribution in [2.45, 2.75) is 19.8 Å². The summed E-state index contributed by atoms with van der Waals surface area (Å²) < 4.78 is 0. The van der Waals surface area contributed by atoms with Gasteiger partial charge >= 0.3 is 0 Å². The Balaban J connectivity index is 1.82. The van der Waals surface area contributed by atoms with E-state index in [1.165, 1.54) is 0 Å². The minimum Gasteiger partial charge on any atom is -0.339 e. The molecule has 0 unspecified atom stereocenters. The third-order valence-electron chi connectivity index (χ3n) is 3.19. The largest absolute Gasteiger partial charge is 0.339 e. The van der Waals surface area contributed by atoms with E-state index in [-0.39, 0.29) is 11.8 Å². The molecule has 0 atom stereocenters. The number of hydrogen-bond acceptors (Lipinski definition) is 3. The summed E-state index contributed by atoms with van der Waals surface area (Å²) in [6.45, 7) is 4.54. The van der Waals surface area contributed by atoms with Crippen molar-refractivity contribution in [1.29, 1.82) is 0 Å². The molecule has 1 aromatic heterocycles. The highest BCUT2D eigenvalue weighted by Gasteiger charge is 2.23. The summed E-state index contributed by atoms with van der Waals surface area (Å²) in [5, 5.41) is 1.99. The zero-order valence-electron chi connectivity index (χ0n) is 10.6. The molecule has 5 heteroatoms. The minimum absolute atomic E-state index is 0.168. The lowest BCUT2D eigenvalue weighted by atomic mass is 10.2. The van der Waals surface area contributed by atoms with Gasteiger partial charge in [0.15, 0.2) is 0 Å². The van der Waals surface area contributed by atoms with E-state index >= 15 is 0 Å². The smallest absolute Gasteiger partial charge is 0.227 e. The zero-order chi connectivity index (χ0) is 13.0. The average molecular weight is 266 g/mol. The Labute approximate surface area is 111 Å². The molecule has 0 radical (unpaired) electrons. The maximum atomic E-state index is 12.0. The van der Waals surface area contributed by atoms with Crippen LogP contribution in [-0.2, 0) is 16.0 Å². The lowest BCUT2D eigenvalue weighted by Crippen LogP contribution is -2.50. The SMILES string of the molecule is CCC(=O)N1CCN(C(=O)Cc2cccs2)CC1. The van der Waals surface area contributed by atoms with Gasteiger partial charge in [0.1, 0.15) is 0 Å². The lowest BCUT2D eigenvalue weighted by molar-refractivity contribution is -0.138. The second-order valence-corrected chi connectivity index (χ2v) is 5.40. The first-order valence-electron chi connectivity index (χ1n) is 6.28. The van der Waals surface area contributed by atoms with Gasteiger partial charge in [-0.2, -0.15) is 0 Å². The Morgan fingerprint density at radius 3 is 2.28 bits per heavy atom. The van der Waals surface area contributed by atoms with Gasteiger partial charge in [0, 0.05) is 37.5 Å². The molecule has 1 fully saturated rings. The van der Waals surface area contributed by atoms with Crippen molar-refractivity contribution in [2.75, 3.05) is 26.2 Å². The Bertz CT molecular complexity index is 409. The predicted octanol–water partition coefficient (Wildman–Crippen LogP) is 1.37. The highest BCUT2D eigenvalue weighted by molar-refractivity contribution is 7.10. The molecule has 1 aliphatic heterocycles. The standard InChI is InChI=1S/C13H18N2O2S/c1-2-12(16)14-5-7-15(8-6-14)13(17)10-11-4-3-9-18-11/h3-4,9H,2,5-8,10H2,1H3. The lowest BCUT2D eigenvalue weighted by Gasteiger charge is -2.34. The van der Waals surface area contributed by atoms with Crippen LogP contribution in [0.5, 0.6) is 0 Å². The van der Waals surface area contributed by atoms with Crippen LogP contribution in [0.25, 0.3) is 0 Å². The minimum atomic E-state index is 0.168. The van der Waals surface area contributed by atoms with Gasteiger partial charge in [-0.25, -0.2) is 0 Å². The van der Waals surface area contributed by atoms with Gasteiger partial charge in [0.05, 0.1) is 6.42 Å². The van der Waals surface area contributed by atoms with Crippen LogP contribution < -0.4 is 0 Å². The van der Waals surface area contributed by atoms with Crippen molar-refractivity contribution in [1.82, 2.24) is 9.80 Å². The van der Waals surface area contributed by atoms with E-state index in [2.05, 4.69) is 0 Å². The molecule has 0 bridgehead atoms. The topological polar surface area (TPSA) is 40.6 Å². The number of carbonyl (C=O) groups excluding carboxylic acids is 2. The van der Waals surface area contributed by atoms with E-state index in [0.29, 0.717) is 39.0 Å². The number of piperazine rings is 1. The van der Waals surface area contributed by atoms with Crippen molar-refractivity contribution >= 4 is 23.2 Å². The van der Waals surface area contributed by atoms with Crippen LogP contribution in [0.2, 0.25) is 0 Å². The normalized spacial score (nSPS) is 15.8. The predicted molar refractivity (Wildman–Crippen MR) is 71.5 cm³/mol. The molecule has 0 spiro atoms. The summed E-state index contributed by atoms with van der Waals surface area (Å²) in [4.78, 5) is 28.4. The molecule has 18 heavy (non-hydrogen) atoms. The van der Waals surface area contributed by atoms with E-state index in [0.717, 1.165) is 4.88 Å². The summed E-state index contributed by atoms with van der Waals surface area (Å²) in [6.07, 6.45) is 1.03. The fraction of sp³-hybridized carbons (Fsp3) is 0.538. The monoisotopic (exact) mass is 266 g/mol. The van der Waals surface area contributed by atoms with E-state index in [1.54, 1.807) is 11.3 Å². The highest BCUT2D eigenvalue weighted by Crippen LogP contribution is 2.12. The number of nitrogens with zero attached hydrogens (tertiary/aromatic N) is 2. The third kappa shape index (κ3) is 3.10. The summed E-state index contributed by atoms with van der Waals surface area (Å²) >= 11 is 1.61. The highest BCUT2D eigenvalue weighted by atomic mass is 32.1. The van der Waals surface area contributed by atoms with E-state index in [9.17, 15) is 9.59 Å². The summed E-state index contributed by atoms with van der Waals surface area (Å²) in [5.74, 6) is 0.349. The maximum Gasteiger partial charge on any atom is 0.227 e. The Kier molecular flexibility index (Phi) is 4.36. The van der Waals surface area contributed by atoms with Crippen LogP contribution in [0.1, 0.15) is 18.2 Å². The summed E-state index contributed by atoms with van der Waals surface area (Å²) in [7, 11) is 0. The molecular weight excluding hydrogens is 248 g/mol. The summed E-state index contributed by atoms with van der Waals surface area (Å²) in [5.41, 5.74) is 0. The molecule has 1 saturated heterocycles. The van der Waals surface area contributed by atoms with E-state index < -0.39 is 0 Å². The number of amides is 2. The fourth-order valence-corrected chi connectivity index (χ4v) is 2.80. The Hall–Kier alpha value is -1.36. The molecule has 0 N–H and O–H groups in total. The first-order chi connectivity index (χ1) is 8.70. The quantitative estimate of drug-likeness (QED) is 0.829. The Morgan fingerprint density at radius 1 is 1.17 bits per heavy atom. The second-order valence-electron chi connectivity index (χ2n) is 4.37. The first kappa shape index (κ1) is 13.1. The molecular formula is C13H18N2O2S. The van der Waals surface area contributed by atoms with Crippen molar-refractivity contribution in [3.8, 4) is 0 Å².